The average molecular weight is 334 g/mol. The first-order valence-electron chi connectivity index (χ1n) is 8.43. The quantitative estimate of drug-likeness (QED) is 0.801. The van der Waals surface area contributed by atoms with Gasteiger partial charge in [-0.05, 0) is 62.5 Å². The molecule has 1 saturated heterocycles. The summed E-state index contributed by atoms with van der Waals surface area (Å²) in [5.41, 5.74) is 0.942. The Hall–Kier alpha value is -1.39. The van der Waals surface area contributed by atoms with Gasteiger partial charge in [0.25, 0.3) is 0 Å². The van der Waals surface area contributed by atoms with Crippen LogP contribution in [0.1, 0.15) is 44.9 Å². The Morgan fingerprint density at radius 2 is 2.09 bits per heavy atom. The molecule has 1 aromatic carbocycles. The van der Waals surface area contributed by atoms with E-state index >= 15 is 0 Å². The molecule has 0 N–H and O–H groups in total. The fourth-order valence-electron chi connectivity index (χ4n) is 3.02. The molecule has 23 heavy (non-hydrogen) atoms. The fourth-order valence-corrected chi connectivity index (χ4v) is 3.14. The highest BCUT2D eigenvalue weighted by atomic mass is 35.5. The molecule has 1 aromatic heterocycles. The number of halogens is 1. The molecule has 1 atom stereocenters. The zero-order valence-corrected chi connectivity index (χ0v) is 14.6. The highest BCUT2D eigenvalue weighted by Gasteiger charge is 2.26. The lowest BCUT2D eigenvalue weighted by atomic mass is 9.97. The predicted molar refractivity (Wildman–Crippen MR) is 92.6 cm³/mol. The Morgan fingerprint density at radius 3 is 2.83 bits per heavy atom. The van der Waals surface area contributed by atoms with E-state index in [1.54, 1.807) is 0 Å². The van der Waals surface area contributed by atoms with Crippen LogP contribution < -0.4 is 0 Å². The summed E-state index contributed by atoms with van der Waals surface area (Å²) < 4.78 is 5.54. The standard InChI is InChI=1S/C18H24ClN3O/c1-13(2)9-11-22-10-3-4-15(12-22)18-20-17(21-23-18)14-5-7-16(19)8-6-14/h5-8,13,15H,3-4,9-12H2,1-2H3. The SMILES string of the molecule is CC(C)CCN1CCCC(c2nc(-c3ccc(Cl)cc3)no2)C1. The molecule has 124 valence electrons. The number of benzene rings is 1. The van der Waals surface area contributed by atoms with E-state index in [-0.39, 0.29) is 0 Å². The van der Waals surface area contributed by atoms with Crippen molar-refractivity contribution in [3.63, 3.8) is 0 Å². The maximum atomic E-state index is 5.92. The maximum absolute atomic E-state index is 5.92. The minimum atomic E-state index is 0.351. The topological polar surface area (TPSA) is 42.2 Å². The van der Waals surface area contributed by atoms with Gasteiger partial charge in [-0.1, -0.05) is 30.6 Å². The Balaban J connectivity index is 1.66. The van der Waals surface area contributed by atoms with Gasteiger partial charge in [0.1, 0.15) is 0 Å². The van der Waals surface area contributed by atoms with Gasteiger partial charge in [0, 0.05) is 17.1 Å². The zero-order valence-electron chi connectivity index (χ0n) is 13.8. The summed E-state index contributed by atoms with van der Waals surface area (Å²) in [7, 11) is 0. The number of piperidine rings is 1. The molecule has 3 rings (SSSR count). The van der Waals surface area contributed by atoms with Gasteiger partial charge in [-0.3, -0.25) is 0 Å². The molecule has 0 saturated carbocycles. The van der Waals surface area contributed by atoms with Gasteiger partial charge >= 0.3 is 0 Å². The van der Waals surface area contributed by atoms with Crippen LogP contribution >= 0.6 is 11.6 Å². The molecule has 0 aliphatic carbocycles. The lowest BCUT2D eigenvalue weighted by molar-refractivity contribution is 0.179. The predicted octanol–water partition coefficient (Wildman–Crippen LogP) is 4.62. The van der Waals surface area contributed by atoms with E-state index in [0.29, 0.717) is 16.8 Å². The third-order valence-electron chi connectivity index (χ3n) is 4.42. The Labute approximate surface area is 142 Å². The smallest absolute Gasteiger partial charge is 0.231 e. The van der Waals surface area contributed by atoms with Crippen LogP contribution in [0.25, 0.3) is 11.4 Å². The van der Waals surface area contributed by atoms with Gasteiger partial charge in [0.05, 0.1) is 5.92 Å². The van der Waals surface area contributed by atoms with Crippen LogP contribution in [0.2, 0.25) is 5.02 Å². The minimum Gasteiger partial charge on any atom is -0.339 e. The van der Waals surface area contributed by atoms with Gasteiger partial charge in [-0.15, -0.1) is 0 Å². The van der Waals surface area contributed by atoms with E-state index in [9.17, 15) is 0 Å². The van der Waals surface area contributed by atoms with Crippen molar-refractivity contribution in [3.8, 4) is 11.4 Å². The van der Waals surface area contributed by atoms with Crippen molar-refractivity contribution in [3.05, 3.63) is 35.2 Å². The Bertz CT molecular complexity index is 623. The molecule has 5 heteroatoms. The lowest BCUT2D eigenvalue weighted by Gasteiger charge is -2.31. The second-order valence-corrected chi connectivity index (χ2v) is 7.22. The number of rotatable bonds is 5. The van der Waals surface area contributed by atoms with E-state index in [0.717, 1.165) is 36.9 Å². The summed E-state index contributed by atoms with van der Waals surface area (Å²) in [6, 6.07) is 7.54. The monoisotopic (exact) mass is 333 g/mol. The second-order valence-electron chi connectivity index (χ2n) is 6.79. The van der Waals surface area contributed by atoms with E-state index in [2.05, 4.69) is 28.9 Å². The molecule has 0 radical (unpaired) electrons. The molecular formula is C18H24ClN3O. The zero-order chi connectivity index (χ0) is 16.2. The van der Waals surface area contributed by atoms with Crippen LogP contribution in [0.15, 0.2) is 28.8 Å². The highest BCUT2D eigenvalue weighted by molar-refractivity contribution is 6.30. The molecule has 0 spiro atoms. The van der Waals surface area contributed by atoms with Crippen LogP contribution in [0.3, 0.4) is 0 Å². The summed E-state index contributed by atoms with van der Waals surface area (Å²) in [4.78, 5) is 7.14. The van der Waals surface area contributed by atoms with Crippen molar-refractivity contribution in [1.29, 1.82) is 0 Å². The summed E-state index contributed by atoms with van der Waals surface area (Å²) in [5.74, 6) is 2.51. The van der Waals surface area contributed by atoms with Gasteiger partial charge in [-0.25, -0.2) is 0 Å². The largest absolute Gasteiger partial charge is 0.339 e. The third kappa shape index (κ3) is 4.33. The van der Waals surface area contributed by atoms with E-state index in [4.69, 9.17) is 16.1 Å². The van der Waals surface area contributed by atoms with Crippen molar-refractivity contribution >= 4 is 11.6 Å². The van der Waals surface area contributed by atoms with Crippen LogP contribution in [0.4, 0.5) is 0 Å². The van der Waals surface area contributed by atoms with Crippen LogP contribution in [-0.4, -0.2) is 34.7 Å². The molecule has 1 aliphatic rings. The van der Waals surface area contributed by atoms with Crippen LogP contribution in [-0.2, 0) is 0 Å². The van der Waals surface area contributed by atoms with Crippen LogP contribution in [0.5, 0.6) is 0 Å². The number of hydrogen-bond acceptors (Lipinski definition) is 4. The van der Waals surface area contributed by atoms with Crippen molar-refractivity contribution in [2.45, 2.75) is 39.0 Å². The van der Waals surface area contributed by atoms with Gasteiger partial charge in [-0.2, -0.15) is 4.98 Å². The number of hydrogen-bond donors (Lipinski definition) is 0. The second kappa shape index (κ2) is 7.45. The molecule has 1 fully saturated rings. The van der Waals surface area contributed by atoms with Crippen LogP contribution in [0, 0.1) is 5.92 Å². The first-order chi connectivity index (χ1) is 11.1. The fraction of sp³-hybridized carbons (Fsp3) is 0.556. The molecule has 4 nitrogen and oxygen atoms in total. The first kappa shape index (κ1) is 16.5. The van der Waals surface area contributed by atoms with Crippen molar-refractivity contribution in [2.75, 3.05) is 19.6 Å². The molecule has 0 bridgehead atoms. The lowest BCUT2D eigenvalue weighted by Crippen LogP contribution is -2.35. The van der Waals surface area contributed by atoms with Crippen molar-refractivity contribution in [1.82, 2.24) is 15.0 Å². The molecule has 2 aromatic rings. The van der Waals surface area contributed by atoms with Crippen molar-refractivity contribution < 1.29 is 4.52 Å². The normalized spacial score (nSPS) is 19.4. The van der Waals surface area contributed by atoms with Gasteiger partial charge in [0.15, 0.2) is 0 Å². The first-order valence-corrected chi connectivity index (χ1v) is 8.81. The minimum absolute atomic E-state index is 0.351. The number of nitrogens with zero attached hydrogens (tertiary/aromatic N) is 3. The summed E-state index contributed by atoms with van der Waals surface area (Å²) in [6.45, 7) is 7.92. The number of likely N-dealkylation sites (tertiary alicyclic amines) is 1. The van der Waals surface area contributed by atoms with E-state index in [1.807, 2.05) is 24.3 Å². The van der Waals surface area contributed by atoms with E-state index in [1.165, 1.54) is 19.4 Å². The van der Waals surface area contributed by atoms with E-state index < -0.39 is 0 Å². The molecule has 1 aliphatic heterocycles. The number of aromatic nitrogens is 2. The molecule has 1 unspecified atom stereocenters. The third-order valence-corrected chi connectivity index (χ3v) is 4.67. The van der Waals surface area contributed by atoms with Gasteiger partial charge in [0.2, 0.25) is 11.7 Å². The summed E-state index contributed by atoms with van der Waals surface area (Å²) in [5, 5.41) is 4.86. The summed E-state index contributed by atoms with van der Waals surface area (Å²) >= 11 is 5.92. The highest BCUT2D eigenvalue weighted by Crippen LogP contribution is 2.28. The van der Waals surface area contributed by atoms with Crippen molar-refractivity contribution in [2.24, 2.45) is 5.92 Å². The maximum Gasteiger partial charge on any atom is 0.231 e. The Morgan fingerprint density at radius 1 is 1.30 bits per heavy atom. The molecule has 2 heterocycles. The summed E-state index contributed by atoms with van der Waals surface area (Å²) in [6.07, 6.45) is 3.56. The molecule has 0 amide bonds. The average Bonchev–Trinajstić information content (AvgIpc) is 3.04. The Kier molecular flexibility index (Phi) is 5.34. The molecular weight excluding hydrogens is 310 g/mol. The van der Waals surface area contributed by atoms with Gasteiger partial charge < -0.3 is 9.42 Å².